The van der Waals surface area contributed by atoms with E-state index in [0.717, 1.165) is 23.2 Å². The summed E-state index contributed by atoms with van der Waals surface area (Å²) in [5.41, 5.74) is 0.931. The van der Waals surface area contributed by atoms with Crippen LogP contribution in [0.25, 0.3) is 0 Å². The van der Waals surface area contributed by atoms with Crippen molar-refractivity contribution in [3.63, 3.8) is 0 Å². The minimum absolute atomic E-state index is 0.00693. The molecule has 0 radical (unpaired) electrons. The Hall–Kier alpha value is -2.39. The number of anilines is 1. The van der Waals surface area contributed by atoms with E-state index in [2.05, 4.69) is 30.1 Å². The van der Waals surface area contributed by atoms with Gasteiger partial charge >= 0.3 is 11.9 Å². The van der Waals surface area contributed by atoms with Crippen molar-refractivity contribution >= 4 is 43.6 Å². The van der Waals surface area contributed by atoms with Crippen molar-refractivity contribution in [3.8, 4) is 0 Å². The number of aryl methyl sites for hydroxylation is 1. The number of rotatable bonds is 5. The molecule has 0 aromatic heterocycles. The number of benzene rings is 2. The smallest absolute Gasteiger partial charge is 0.339 e. The zero-order valence-corrected chi connectivity index (χ0v) is 16.6. The number of hydrogen-bond donors (Lipinski definition) is 1. The van der Waals surface area contributed by atoms with E-state index in [1.165, 1.54) is 19.2 Å². The Morgan fingerprint density at radius 1 is 1.00 bits per heavy atom. The van der Waals surface area contributed by atoms with Gasteiger partial charge in [-0.05, 0) is 48.9 Å². The van der Waals surface area contributed by atoms with Gasteiger partial charge in [-0.25, -0.2) is 18.0 Å². The number of carbonyl (C=O) groups is 2. The number of carbonyl (C=O) groups excluding carboxylic acids is 2. The van der Waals surface area contributed by atoms with E-state index in [1.54, 1.807) is 25.1 Å². The van der Waals surface area contributed by atoms with Gasteiger partial charge in [-0.15, -0.1) is 0 Å². The Bertz CT molecular complexity index is 971. The van der Waals surface area contributed by atoms with Gasteiger partial charge in [0.25, 0.3) is 10.0 Å². The zero-order valence-electron chi connectivity index (χ0n) is 14.2. The van der Waals surface area contributed by atoms with Gasteiger partial charge in [-0.2, -0.15) is 0 Å². The number of ether oxygens (including phenoxy) is 2. The van der Waals surface area contributed by atoms with Gasteiger partial charge in [0, 0.05) is 10.2 Å². The van der Waals surface area contributed by atoms with Crippen molar-refractivity contribution < 1.29 is 27.5 Å². The normalized spacial score (nSPS) is 10.9. The second kappa shape index (κ2) is 7.88. The minimum Gasteiger partial charge on any atom is -0.465 e. The molecule has 2 rings (SSSR count). The molecule has 2 aromatic rings. The molecule has 0 spiro atoms. The van der Waals surface area contributed by atoms with Crippen LogP contribution in [0.5, 0.6) is 0 Å². The summed E-state index contributed by atoms with van der Waals surface area (Å²) in [5, 5.41) is 0. The lowest BCUT2D eigenvalue weighted by Crippen LogP contribution is -2.19. The van der Waals surface area contributed by atoms with E-state index in [1.807, 2.05) is 0 Å². The van der Waals surface area contributed by atoms with Crippen molar-refractivity contribution in [1.29, 1.82) is 0 Å². The van der Waals surface area contributed by atoms with Crippen LogP contribution >= 0.6 is 15.9 Å². The zero-order chi connectivity index (χ0) is 19.5. The van der Waals surface area contributed by atoms with Gasteiger partial charge in [-0.1, -0.05) is 15.9 Å². The van der Waals surface area contributed by atoms with E-state index in [0.29, 0.717) is 5.69 Å². The van der Waals surface area contributed by atoms with Crippen LogP contribution in [0.4, 0.5) is 5.69 Å². The molecular formula is C17H16BrNO6S. The highest BCUT2D eigenvalue weighted by atomic mass is 79.9. The van der Waals surface area contributed by atoms with E-state index < -0.39 is 22.0 Å². The minimum atomic E-state index is -4.17. The number of halogens is 1. The molecule has 0 heterocycles. The fourth-order valence-corrected chi connectivity index (χ4v) is 3.70. The molecule has 1 N–H and O–H groups in total. The average Bonchev–Trinajstić information content (AvgIpc) is 2.62. The summed E-state index contributed by atoms with van der Waals surface area (Å²) in [6.07, 6.45) is 0. The maximum Gasteiger partial charge on any atom is 0.339 e. The molecular weight excluding hydrogens is 426 g/mol. The summed E-state index contributed by atoms with van der Waals surface area (Å²) >= 11 is 3.34. The molecule has 0 saturated carbocycles. The van der Waals surface area contributed by atoms with Crippen molar-refractivity contribution in [2.45, 2.75) is 11.8 Å². The number of nitrogens with one attached hydrogen (secondary N) is 1. The Labute approximate surface area is 159 Å². The highest BCUT2D eigenvalue weighted by Gasteiger charge is 2.25. The first kappa shape index (κ1) is 19.9. The molecule has 0 atom stereocenters. The van der Waals surface area contributed by atoms with Crippen LogP contribution in [0.15, 0.2) is 45.8 Å². The van der Waals surface area contributed by atoms with Crippen molar-refractivity contribution in [2.75, 3.05) is 18.9 Å². The lowest BCUT2D eigenvalue weighted by molar-refractivity contribution is 0.0583. The molecule has 9 heteroatoms. The molecule has 138 valence electrons. The monoisotopic (exact) mass is 441 g/mol. The number of sulfonamides is 1. The van der Waals surface area contributed by atoms with Crippen LogP contribution < -0.4 is 4.72 Å². The van der Waals surface area contributed by atoms with Crippen LogP contribution in [-0.4, -0.2) is 34.6 Å². The fraction of sp³-hybridized carbons (Fsp3) is 0.176. The molecule has 26 heavy (non-hydrogen) atoms. The van der Waals surface area contributed by atoms with Crippen molar-refractivity contribution in [2.24, 2.45) is 0 Å². The van der Waals surface area contributed by atoms with E-state index >= 15 is 0 Å². The van der Waals surface area contributed by atoms with Gasteiger partial charge < -0.3 is 9.47 Å². The summed E-state index contributed by atoms with van der Waals surface area (Å²) in [7, 11) is -1.86. The molecule has 0 aliphatic carbocycles. The molecule has 0 aliphatic heterocycles. The van der Waals surface area contributed by atoms with Crippen LogP contribution in [0.2, 0.25) is 0 Å². The van der Waals surface area contributed by atoms with Gasteiger partial charge in [0.1, 0.15) is 4.90 Å². The third-order valence-electron chi connectivity index (χ3n) is 3.51. The van der Waals surface area contributed by atoms with Crippen LogP contribution in [0.1, 0.15) is 26.3 Å². The highest BCUT2D eigenvalue weighted by Crippen LogP contribution is 2.25. The largest absolute Gasteiger partial charge is 0.465 e. The van der Waals surface area contributed by atoms with Crippen LogP contribution in [0.3, 0.4) is 0 Å². The van der Waals surface area contributed by atoms with Gasteiger partial charge in [0.05, 0.1) is 25.3 Å². The van der Waals surface area contributed by atoms with Crippen molar-refractivity contribution in [3.05, 3.63) is 57.6 Å². The number of esters is 2. The summed E-state index contributed by atoms with van der Waals surface area (Å²) in [6, 6.07) is 8.46. The van der Waals surface area contributed by atoms with Gasteiger partial charge in [0.2, 0.25) is 0 Å². The molecule has 7 nitrogen and oxygen atoms in total. The average molecular weight is 442 g/mol. The van der Waals surface area contributed by atoms with Crippen LogP contribution in [-0.2, 0) is 19.5 Å². The SMILES string of the molecule is COC(=O)c1ccc(C(=O)OC)c(S(=O)(=O)Nc2ccc(Br)c(C)c2)c1. The van der Waals surface area contributed by atoms with E-state index in [4.69, 9.17) is 0 Å². The first-order valence-corrected chi connectivity index (χ1v) is 9.57. The van der Waals surface area contributed by atoms with E-state index in [-0.39, 0.29) is 16.0 Å². The Morgan fingerprint density at radius 2 is 1.65 bits per heavy atom. The highest BCUT2D eigenvalue weighted by molar-refractivity contribution is 9.10. The number of hydrogen-bond acceptors (Lipinski definition) is 6. The predicted octanol–water partition coefficient (Wildman–Crippen LogP) is 3.13. The third-order valence-corrected chi connectivity index (χ3v) is 5.82. The Morgan fingerprint density at radius 3 is 2.23 bits per heavy atom. The molecule has 0 saturated heterocycles. The molecule has 0 aliphatic rings. The maximum absolute atomic E-state index is 12.8. The van der Waals surface area contributed by atoms with Crippen LogP contribution in [0, 0.1) is 6.92 Å². The standard InChI is InChI=1S/C17H16BrNO6S/c1-10-8-12(5-7-14(10)18)19-26(22,23)15-9-11(16(20)24-2)4-6-13(15)17(21)25-3/h4-9,19H,1-3H3. The molecule has 0 fully saturated rings. The maximum atomic E-state index is 12.8. The molecule has 0 amide bonds. The lowest BCUT2D eigenvalue weighted by Gasteiger charge is -2.13. The third kappa shape index (κ3) is 4.23. The summed E-state index contributed by atoms with van der Waals surface area (Å²) in [4.78, 5) is 23.3. The van der Waals surface area contributed by atoms with Gasteiger partial charge in [0.15, 0.2) is 0 Å². The van der Waals surface area contributed by atoms with Gasteiger partial charge in [-0.3, -0.25) is 4.72 Å². The Kier molecular flexibility index (Phi) is 6.04. The topological polar surface area (TPSA) is 98.8 Å². The predicted molar refractivity (Wildman–Crippen MR) is 98.8 cm³/mol. The summed E-state index contributed by atoms with van der Waals surface area (Å²) in [5.74, 6) is -1.56. The fourth-order valence-electron chi connectivity index (χ4n) is 2.19. The van der Waals surface area contributed by atoms with E-state index in [9.17, 15) is 18.0 Å². The first-order valence-electron chi connectivity index (χ1n) is 7.29. The molecule has 2 aromatic carbocycles. The second-order valence-electron chi connectivity index (χ2n) is 5.26. The quantitative estimate of drug-likeness (QED) is 0.715. The molecule has 0 bridgehead atoms. The lowest BCUT2D eigenvalue weighted by atomic mass is 10.1. The molecule has 0 unspecified atom stereocenters. The number of methoxy groups -OCH3 is 2. The Balaban J connectivity index is 2.56. The second-order valence-corrected chi connectivity index (χ2v) is 7.77. The van der Waals surface area contributed by atoms with Crippen molar-refractivity contribution in [1.82, 2.24) is 0 Å². The first-order chi connectivity index (χ1) is 12.2. The summed E-state index contributed by atoms with van der Waals surface area (Å²) < 4.78 is 38.1. The summed E-state index contributed by atoms with van der Waals surface area (Å²) in [6.45, 7) is 1.81.